The average molecular weight is 935 g/mol. The van der Waals surface area contributed by atoms with Gasteiger partial charge in [-0.05, 0) is 12.8 Å². The number of ketones is 1. The number of rotatable bonds is 27. The predicted octanol–water partition coefficient (Wildman–Crippen LogP) is -0.0278. The molecule has 61 heavy (non-hydrogen) atoms. The van der Waals surface area contributed by atoms with Crippen molar-refractivity contribution in [1.29, 1.82) is 0 Å². The molecule has 1 aromatic carbocycles. The van der Waals surface area contributed by atoms with Gasteiger partial charge in [0.1, 0.15) is 10.9 Å². The maximum absolute atomic E-state index is 15.6. The number of ether oxygens (including phenoxy) is 2. The summed E-state index contributed by atoms with van der Waals surface area (Å²) in [6.45, 7) is -0.689. The monoisotopic (exact) mass is 934 g/mol. The molecule has 346 valence electrons. The second-order valence-corrected chi connectivity index (χ2v) is 18.0. The van der Waals surface area contributed by atoms with Crippen LogP contribution < -0.4 is 32.1 Å². The first-order valence-corrected chi connectivity index (χ1v) is 23.0. The van der Waals surface area contributed by atoms with Gasteiger partial charge in [0.2, 0.25) is 27.7 Å². The van der Waals surface area contributed by atoms with Gasteiger partial charge in [-0.3, -0.25) is 28.8 Å². The van der Waals surface area contributed by atoms with Gasteiger partial charge >= 0.3 is 11.9 Å². The molecule has 1 fully saturated rings. The van der Waals surface area contributed by atoms with E-state index in [2.05, 4.69) is 33.9 Å². The van der Waals surface area contributed by atoms with Crippen molar-refractivity contribution in [2.24, 2.45) is 16.8 Å². The second kappa shape index (κ2) is 25.8. The van der Waals surface area contributed by atoms with Gasteiger partial charge in [-0.25, -0.2) is 35.1 Å². The molecule has 1 aliphatic carbocycles. The normalized spacial score (nSPS) is 15.4. The fourth-order valence-corrected chi connectivity index (χ4v) is 8.44. The Bertz CT molecular complexity index is 1940. The number of nitrogens with one attached hydrogen (secondary N) is 4. The van der Waals surface area contributed by atoms with Crippen molar-refractivity contribution in [2.45, 2.75) is 98.5 Å². The van der Waals surface area contributed by atoms with Crippen LogP contribution in [0.15, 0.2) is 9.79 Å². The minimum atomic E-state index is -5.17. The number of amides is 3. The molecule has 0 radical (unpaired) electrons. The lowest BCUT2D eigenvalue weighted by molar-refractivity contribution is -0.143. The molecule has 0 bridgehead atoms. The van der Waals surface area contributed by atoms with E-state index in [4.69, 9.17) is 30.6 Å². The third-order valence-electron chi connectivity index (χ3n) is 9.26. The van der Waals surface area contributed by atoms with E-state index < -0.39 is 144 Å². The fraction of sp³-hybridized carbons (Fsp3) is 0.657. The number of carbonyl (C=O) groups excluding carboxylic acids is 4. The average Bonchev–Trinajstić information content (AvgIpc) is 3.16. The van der Waals surface area contributed by atoms with Gasteiger partial charge < -0.3 is 46.7 Å². The van der Waals surface area contributed by atoms with Crippen molar-refractivity contribution >= 4 is 73.6 Å². The summed E-state index contributed by atoms with van der Waals surface area (Å²) in [5.74, 6) is -14.8. The van der Waals surface area contributed by atoms with E-state index in [9.17, 15) is 50.0 Å². The molecule has 10 N–H and O–H groups in total. The molecule has 0 aromatic heterocycles. The fourth-order valence-electron chi connectivity index (χ4n) is 5.98. The Balaban J connectivity index is 1.77. The number of sulfonamides is 1. The third kappa shape index (κ3) is 18.0. The highest BCUT2D eigenvalue weighted by atomic mass is 32.2. The Morgan fingerprint density at radius 3 is 1.93 bits per heavy atom. The van der Waals surface area contributed by atoms with Gasteiger partial charge in [0.05, 0.1) is 56.2 Å². The van der Waals surface area contributed by atoms with Gasteiger partial charge in [-0.1, -0.05) is 32.1 Å². The number of hydrogen-bond acceptors (Lipinski definition) is 15. The van der Waals surface area contributed by atoms with E-state index in [1.807, 2.05) is 0 Å². The smallest absolute Gasteiger partial charge is 0.307 e. The highest BCUT2D eigenvalue weighted by Gasteiger charge is 2.37. The van der Waals surface area contributed by atoms with Crippen molar-refractivity contribution in [3.63, 3.8) is 0 Å². The summed E-state index contributed by atoms with van der Waals surface area (Å²) < 4.78 is 107. The summed E-state index contributed by atoms with van der Waals surface area (Å²) in [5, 5.41) is 32.7. The number of anilines is 1. The number of carboxylic acids is 2. The van der Waals surface area contributed by atoms with Crippen LogP contribution in [0.4, 0.5) is 18.9 Å². The van der Waals surface area contributed by atoms with Crippen molar-refractivity contribution in [3.05, 3.63) is 17.5 Å². The molecule has 0 unspecified atom stereocenters. The Morgan fingerprint density at radius 2 is 1.36 bits per heavy atom. The minimum absolute atomic E-state index is 0.00348. The minimum Gasteiger partial charge on any atom is -0.481 e. The Hall–Kier alpha value is -4.08. The van der Waals surface area contributed by atoms with E-state index in [-0.39, 0.29) is 45.1 Å². The molecule has 3 amide bonds. The molecule has 0 heterocycles. The zero-order valence-corrected chi connectivity index (χ0v) is 35.6. The molecule has 20 nitrogen and oxygen atoms in total. The molecule has 1 saturated carbocycles. The molecule has 0 aliphatic heterocycles. The number of benzene rings is 1. The lowest BCUT2D eigenvalue weighted by Crippen LogP contribution is -2.53. The van der Waals surface area contributed by atoms with Crippen LogP contribution in [-0.2, 0) is 58.1 Å². The van der Waals surface area contributed by atoms with Crippen LogP contribution in [-0.4, -0.2) is 132 Å². The largest absolute Gasteiger partial charge is 0.481 e. The number of halogens is 3. The quantitative estimate of drug-likeness (QED) is 0.0318. The predicted molar refractivity (Wildman–Crippen MR) is 213 cm³/mol. The van der Waals surface area contributed by atoms with E-state index in [0.717, 1.165) is 19.3 Å². The first kappa shape index (κ1) is 53.1. The summed E-state index contributed by atoms with van der Waals surface area (Å²) >= 11 is 3.85. The molecular weight excluding hydrogens is 882 g/mol. The van der Waals surface area contributed by atoms with Gasteiger partial charge in [0.25, 0.3) is 0 Å². The molecule has 1 aliphatic rings. The Morgan fingerprint density at radius 1 is 0.787 bits per heavy atom. The van der Waals surface area contributed by atoms with Crippen LogP contribution in [0.25, 0.3) is 0 Å². The van der Waals surface area contributed by atoms with E-state index in [1.54, 1.807) is 0 Å². The first-order chi connectivity index (χ1) is 28.6. The number of Topliss-reactive ketones (excluding diaryl/α,β-unsaturated/α-hetero) is 1. The van der Waals surface area contributed by atoms with Gasteiger partial charge in [-0.15, -0.1) is 0 Å². The van der Waals surface area contributed by atoms with E-state index >= 15 is 8.78 Å². The number of sulfone groups is 1. The summed E-state index contributed by atoms with van der Waals surface area (Å²) in [4.78, 5) is 68.6. The summed E-state index contributed by atoms with van der Waals surface area (Å²) in [6.07, 6.45) is 2.44. The number of aliphatic carboxylic acids is 2. The maximum atomic E-state index is 15.6. The van der Waals surface area contributed by atoms with Crippen molar-refractivity contribution < 1.29 is 78.5 Å². The van der Waals surface area contributed by atoms with Crippen LogP contribution in [0, 0.1) is 23.4 Å². The van der Waals surface area contributed by atoms with Crippen molar-refractivity contribution in [1.82, 2.24) is 16.0 Å². The van der Waals surface area contributed by atoms with Crippen molar-refractivity contribution in [2.75, 3.05) is 56.3 Å². The van der Waals surface area contributed by atoms with Crippen LogP contribution >= 0.6 is 12.6 Å². The zero-order chi connectivity index (χ0) is 45.9. The maximum Gasteiger partial charge on any atom is 0.307 e. The molecule has 3 atom stereocenters. The molecule has 2 rings (SSSR count). The lowest BCUT2D eigenvalue weighted by atomic mass is 9.96. The summed E-state index contributed by atoms with van der Waals surface area (Å²) in [7, 11) is -10.1. The zero-order valence-electron chi connectivity index (χ0n) is 33.1. The Labute approximate surface area is 356 Å². The molecular formula is C35H53F3N6O14S3. The van der Waals surface area contributed by atoms with Crippen LogP contribution in [0.5, 0.6) is 0 Å². The second-order valence-electron chi connectivity index (χ2n) is 14.1. The first-order valence-electron chi connectivity index (χ1n) is 19.2. The third-order valence-corrected chi connectivity index (χ3v) is 12.4. The van der Waals surface area contributed by atoms with Crippen LogP contribution in [0.2, 0.25) is 0 Å². The highest BCUT2D eigenvalue weighted by Crippen LogP contribution is 2.37. The topological polar surface area (TPSA) is 330 Å². The van der Waals surface area contributed by atoms with Gasteiger partial charge in [0.15, 0.2) is 38.0 Å². The number of primary sulfonamides is 1. The molecule has 0 spiro atoms. The highest BCUT2D eigenvalue weighted by molar-refractivity contribution is 7.91. The lowest BCUT2D eigenvalue weighted by Gasteiger charge is -2.25. The van der Waals surface area contributed by atoms with Gasteiger partial charge in [0, 0.05) is 44.1 Å². The molecule has 0 saturated heterocycles. The Kier molecular flexibility index (Phi) is 22.4. The van der Waals surface area contributed by atoms with E-state index in [0.29, 0.717) is 25.7 Å². The SMILES string of the molecule is N[C@@H](CNC(=O)CCOCCOCCNC(=O)CCS(=O)(=O)c1c(F)c(F)c(S(N)(=O)=O)c(F)c1NC1CCCCCCC1)C(=O)N[C@@H](CC(=O)O)C(=O)C[C@@H](CS)C(=O)O. The standard InChI is InChI=1S/C35H53F3N6O14S3/c36-28-29(37)33(31(30(38)32(28)61(40,55)56)43-21-6-4-2-1-3-5-7-21)60(53,54)15-9-26(47)41-10-12-58-14-13-57-11-8-25(46)42-18-22(39)34(50)44-23(17-27(48)49)24(45)16-20(19-59)35(51)52/h20-23,43,59H,1-19,39H2,(H,41,47)(H,42,46)(H,44,50)(H,48,49)(H,51,52)(H2,40,55,56)/t20-,22-,23-/m0/s1. The van der Waals surface area contributed by atoms with Crippen molar-refractivity contribution in [3.8, 4) is 0 Å². The number of carboxylic acid groups (broad SMARTS) is 2. The van der Waals surface area contributed by atoms with Crippen LogP contribution in [0.3, 0.4) is 0 Å². The number of nitrogens with two attached hydrogens (primary N) is 2. The number of hydrogen-bond donors (Lipinski definition) is 9. The van der Waals surface area contributed by atoms with Crippen LogP contribution in [0.1, 0.15) is 70.6 Å². The van der Waals surface area contributed by atoms with Gasteiger partial charge in [-0.2, -0.15) is 12.6 Å². The van der Waals surface area contributed by atoms with E-state index in [1.165, 1.54) is 0 Å². The summed E-state index contributed by atoms with van der Waals surface area (Å²) in [5.41, 5.74) is 4.68. The molecule has 1 aromatic rings. The summed E-state index contributed by atoms with van der Waals surface area (Å²) in [6, 6.07) is -3.54. The molecule has 26 heteroatoms. The number of carbonyl (C=O) groups is 6. The number of thiol groups is 1.